The molecular weight excluding hydrogens is 280 g/mol. The molecule has 1 unspecified atom stereocenters. The summed E-state index contributed by atoms with van der Waals surface area (Å²) in [4.78, 5) is 0. The van der Waals surface area contributed by atoms with E-state index in [1.165, 1.54) is 4.31 Å². The van der Waals surface area contributed by atoms with Gasteiger partial charge in [-0.1, -0.05) is 0 Å². The first-order chi connectivity index (χ1) is 9.68. The molecule has 3 heterocycles. The molecule has 2 saturated heterocycles. The lowest BCUT2D eigenvalue weighted by atomic mass is 10.2. The quantitative estimate of drug-likeness (QED) is 0.780. The van der Waals surface area contributed by atoms with Crippen molar-refractivity contribution < 1.29 is 13.2 Å². The smallest absolute Gasteiger partial charge is 0.282 e. The number of hydrogen-bond acceptors (Lipinski definition) is 4. The van der Waals surface area contributed by atoms with E-state index in [2.05, 4.69) is 5.10 Å². The topological polar surface area (TPSA) is 67.7 Å². The molecule has 1 aromatic rings. The molecule has 0 saturated carbocycles. The van der Waals surface area contributed by atoms with E-state index in [1.807, 2.05) is 12.3 Å². The number of ether oxygens (including phenoxy) is 1. The van der Waals surface area contributed by atoms with Gasteiger partial charge in [-0.2, -0.15) is 22.1 Å². The van der Waals surface area contributed by atoms with Crippen molar-refractivity contribution >= 4 is 10.2 Å². The second-order valence-electron chi connectivity index (χ2n) is 5.15. The fourth-order valence-corrected chi connectivity index (χ4v) is 4.66. The van der Waals surface area contributed by atoms with Gasteiger partial charge in [0.1, 0.15) is 0 Å². The molecule has 8 heteroatoms. The molecule has 2 aliphatic heterocycles. The highest BCUT2D eigenvalue weighted by molar-refractivity contribution is 7.86. The van der Waals surface area contributed by atoms with Crippen LogP contribution in [0.2, 0.25) is 0 Å². The van der Waals surface area contributed by atoms with Crippen LogP contribution < -0.4 is 0 Å². The lowest BCUT2D eigenvalue weighted by Gasteiger charge is -2.32. The van der Waals surface area contributed by atoms with E-state index in [0.717, 1.165) is 12.8 Å². The maximum Gasteiger partial charge on any atom is 0.282 e. The van der Waals surface area contributed by atoms with Crippen LogP contribution in [0.3, 0.4) is 0 Å². The zero-order valence-corrected chi connectivity index (χ0v) is 12.2. The van der Waals surface area contributed by atoms with Crippen molar-refractivity contribution in [2.75, 3.05) is 32.8 Å². The summed E-state index contributed by atoms with van der Waals surface area (Å²) in [5.74, 6) is 0. The Morgan fingerprint density at radius 3 is 2.75 bits per heavy atom. The van der Waals surface area contributed by atoms with Gasteiger partial charge in [0.05, 0.1) is 19.8 Å². The molecule has 0 bridgehead atoms. The molecule has 112 valence electrons. The van der Waals surface area contributed by atoms with Crippen LogP contribution >= 0.6 is 0 Å². The standard InChI is InChI=1S/C12H20N4O3S/c17-20(18,15-7-9-19-10-8-15)16-6-1-3-12(16)11-14-5-2-4-13-14/h2,4-5,12H,1,3,6-11H2. The van der Waals surface area contributed by atoms with Gasteiger partial charge < -0.3 is 4.74 Å². The maximum absolute atomic E-state index is 12.7. The van der Waals surface area contributed by atoms with Crippen molar-refractivity contribution in [3.63, 3.8) is 0 Å². The largest absolute Gasteiger partial charge is 0.379 e. The van der Waals surface area contributed by atoms with Gasteiger partial charge in [-0.3, -0.25) is 4.68 Å². The molecule has 0 amide bonds. The average Bonchev–Trinajstić information content (AvgIpc) is 3.12. The molecule has 0 radical (unpaired) electrons. The molecule has 0 aliphatic carbocycles. The van der Waals surface area contributed by atoms with Gasteiger partial charge >= 0.3 is 0 Å². The van der Waals surface area contributed by atoms with Crippen molar-refractivity contribution in [2.45, 2.75) is 25.4 Å². The number of morpholine rings is 1. The second kappa shape index (κ2) is 5.80. The SMILES string of the molecule is O=S(=O)(N1CCOCC1)N1CCCC1Cn1cccn1. The molecule has 1 atom stereocenters. The Bertz CT molecular complexity index is 525. The van der Waals surface area contributed by atoms with Crippen LogP contribution in [0, 0.1) is 0 Å². The maximum atomic E-state index is 12.7. The van der Waals surface area contributed by atoms with Gasteiger partial charge in [-0.15, -0.1) is 0 Å². The first kappa shape index (κ1) is 14.0. The van der Waals surface area contributed by atoms with E-state index >= 15 is 0 Å². The third-order valence-corrected chi connectivity index (χ3v) is 5.96. The molecule has 20 heavy (non-hydrogen) atoms. The monoisotopic (exact) mass is 300 g/mol. The van der Waals surface area contributed by atoms with Gasteiger partial charge in [0.2, 0.25) is 0 Å². The summed E-state index contributed by atoms with van der Waals surface area (Å²) in [6, 6.07) is 1.86. The van der Waals surface area contributed by atoms with Gasteiger partial charge in [0.15, 0.2) is 0 Å². The Balaban J connectivity index is 1.73. The fraction of sp³-hybridized carbons (Fsp3) is 0.750. The van der Waals surface area contributed by atoms with Gasteiger partial charge in [-0.25, -0.2) is 0 Å². The van der Waals surface area contributed by atoms with Crippen LogP contribution in [0.25, 0.3) is 0 Å². The van der Waals surface area contributed by atoms with E-state index in [4.69, 9.17) is 4.74 Å². The summed E-state index contributed by atoms with van der Waals surface area (Å²) in [5, 5.41) is 4.17. The Hall–Kier alpha value is -0.960. The van der Waals surface area contributed by atoms with E-state index in [0.29, 0.717) is 39.4 Å². The molecule has 0 N–H and O–H groups in total. The minimum Gasteiger partial charge on any atom is -0.379 e. The number of hydrogen-bond donors (Lipinski definition) is 0. The summed E-state index contributed by atoms with van der Waals surface area (Å²) in [7, 11) is -3.37. The number of aromatic nitrogens is 2. The van der Waals surface area contributed by atoms with Crippen LogP contribution in [0.1, 0.15) is 12.8 Å². The molecule has 2 aliphatic rings. The Labute approximate surface area is 119 Å². The lowest BCUT2D eigenvalue weighted by Crippen LogP contribution is -2.50. The fourth-order valence-electron chi connectivity index (χ4n) is 2.85. The lowest BCUT2D eigenvalue weighted by molar-refractivity contribution is 0.0697. The second-order valence-corrected chi connectivity index (χ2v) is 7.04. The summed E-state index contributed by atoms with van der Waals surface area (Å²) in [6.07, 6.45) is 5.40. The highest BCUT2D eigenvalue weighted by Gasteiger charge is 2.38. The van der Waals surface area contributed by atoms with E-state index in [-0.39, 0.29) is 6.04 Å². The predicted octanol–water partition coefficient (Wildman–Crippen LogP) is -0.0755. The van der Waals surface area contributed by atoms with Gasteiger partial charge in [-0.05, 0) is 18.9 Å². The van der Waals surface area contributed by atoms with Gasteiger partial charge in [0.25, 0.3) is 10.2 Å². The molecule has 3 rings (SSSR count). The zero-order valence-electron chi connectivity index (χ0n) is 11.4. The molecule has 2 fully saturated rings. The Morgan fingerprint density at radius 2 is 2.05 bits per heavy atom. The molecule has 1 aromatic heterocycles. The highest BCUT2D eigenvalue weighted by Crippen LogP contribution is 2.24. The highest BCUT2D eigenvalue weighted by atomic mass is 32.2. The number of rotatable bonds is 4. The Kier molecular flexibility index (Phi) is 4.06. The van der Waals surface area contributed by atoms with E-state index < -0.39 is 10.2 Å². The zero-order chi connectivity index (χ0) is 14.0. The van der Waals surface area contributed by atoms with Crippen LogP contribution in [-0.2, 0) is 21.5 Å². The third-order valence-electron chi connectivity index (χ3n) is 3.87. The van der Waals surface area contributed by atoms with Crippen molar-refractivity contribution in [2.24, 2.45) is 0 Å². The number of nitrogens with zero attached hydrogens (tertiary/aromatic N) is 4. The van der Waals surface area contributed by atoms with Crippen molar-refractivity contribution in [3.05, 3.63) is 18.5 Å². The first-order valence-corrected chi connectivity index (χ1v) is 8.40. The van der Waals surface area contributed by atoms with Crippen LogP contribution in [0.15, 0.2) is 18.5 Å². The average molecular weight is 300 g/mol. The normalized spacial score (nSPS) is 26.1. The molecule has 0 spiro atoms. The minimum atomic E-state index is -3.37. The third kappa shape index (κ3) is 2.73. The Morgan fingerprint density at radius 1 is 1.25 bits per heavy atom. The van der Waals surface area contributed by atoms with E-state index in [1.54, 1.807) is 15.2 Å². The molecule has 0 aromatic carbocycles. The van der Waals surface area contributed by atoms with Crippen LogP contribution in [0.5, 0.6) is 0 Å². The molecule has 7 nitrogen and oxygen atoms in total. The first-order valence-electron chi connectivity index (χ1n) is 7.00. The van der Waals surface area contributed by atoms with Crippen LogP contribution in [0.4, 0.5) is 0 Å². The molecular formula is C12H20N4O3S. The summed E-state index contributed by atoms with van der Waals surface area (Å²) >= 11 is 0. The summed E-state index contributed by atoms with van der Waals surface area (Å²) in [6.45, 7) is 3.09. The van der Waals surface area contributed by atoms with Crippen molar-refractivity contribution in [1.29, 1.82) is 0 Å². The van der Waals surface area contributed by atoms with Crippen LogP contribution in [-0.4, -0.2) is 65.7 Å². The van der Waals surface area contributed by atoms with Crippen molar-refractivity contribution in [1.82, 2.24) is 18.4 Å². The van der Waals surface area contributed by atoms with Crippen molar-refractivity contribution in [3.8, 4) is 0 Å². The predicted molar refractivity (Wildman–Crippen MR) is 73.3 cm³/mol. The van der Waals surface area contributed by atoms with E-state index in [9.17, 15) is 8.42 Å². The minimum absolute atomic E-state index is 0.00254. The summed E-state index contributed by atoms with van der Waals surface area (Å²) in [5.41, 5.74) is 0. The van der Waals surface area contributed by atoms with Gasteiger partial charge in [0, 0.05) is 38.1 Å². The summed E-state index contributed by atoms with van der Waals surface area (Å²) < 4.78 is 35.6.